The van der Waals surface area contributed by atoms with Crippen molar-refractivity contribution in [3.63, 3.8) is 0 Å². The van der Waals surface area contributed by atoms with E-state index in [1.54, 1.807) is 0 Å². The topological polar surface area (TPSA) is 78.4 Å². The van der Waals surface area contributed by atoms with Crippen LogP contribution in [0, 0.1) is 0 Å². The fourth-order valence-corrected chi connectivity index (χ4v) is 2.63. The number of nitrogens with one attached hydrogen (secondary N) is 1. The Balaban J connectivity index is 1.44. The zero-order chi connectivity index (χ0) is 20.6. The Morgan fingerprint density at radius 2 is 1.90 bits per heavy atom. The molecule has 3 rings (SSSR count). The molecule has 2 aromatic carbocycles. The van der Waals surface area contributed by atoms with Crippen molar-refractivity contribution in [2.45, 2.75) is 19.6 Å². The summed E-state index contributed by atoms with van der Waals surface area (Å²) < 4.78 is 39.5. The highest BCUT2D eigenvalue weighted by Gasteiger charge is 2.16. The summed E-state index contributed by atoms with van der Waals surface area (Å²) in [5.41, 5.74) is 1.48. The van der Waals surface area contributed by atoms with Crippen LogP contribution in [0.2, 0.25) is 0 Å². The summed E-state index contributed by atoms with van der Waals surface area (Å²) in [6, 6.07) is 11.1. The van der Waals surface area contributed by atoms with Crippen LogP contribution in [-0.2, 0) is 9.63 Å². The first-order valence-electron chi connectivity index (χ1n) is 8.90. The summed E-state index contributed by atoms with van der Waals surface area (Å²) in [4.78, 5) is 17.0. The van der Waals surface area contributed by atoms with Gasteiger partial charge in [-0.25, -0.2) is 0 Å². The molecule has 7 nitrogen and oxygen atoms in total. The average Bonchev–Trinajstić information content (AvgIpc) is 2.71. The van der Waals surface area contributed by atoms with Crippen molar-refractivity contribution in [3.05, 3.63) is 53.6 Å². The Labute approximate surface area is 166 Å². The lowest BCUT2D eigenvalue weighted by Gasteiger charge is -2.21. The predicted molar refractivity (Wildman–Crippen MR) is 101 cm³/mol. The van der Waals surface area contributed by atoms with Crippen LogP contribution in [0.15, 0.2) is 47.6 Å². The third-order valence-electron chi connectivity index (χ3n) is 4.02. The number of oxime groups is 1. The van der Waals surface area contributed by atoms with E-state index in [2.05, 4.69) is 15.2 Å². The van der Waals surface area contributed by atoms with E-state index in [4.69, 9.17) is 14.3 Å². The van der Waals surface area contributed by atoms with Gasteiger partial charge in [0, 0.05) is 0 Å². The van der Waals surface area contributed by atoms with Crippen LogP contribution in [-0.4, -0.2) is 38.6 Å². The van der Waals surface area contributed by atoms with Crippen molar-refractivity contribution in [2.24, 2.45) is 5.16 Å². The summed E-state index contributed by atoms with van der Waals surface area (Å²) in [6.45, 7) is -0.288. The highest BCUT2D eigenvalue weighted by Crippen LogP contribution is 2.32. The molecule has 0 fully saturated rings. The molecule has 1 aliphatic heterocycles. The maximum Gasteiger partial charge on any atom is 0.387 e. The number of halogens is 2. The molecular formula is C20H20F2N2O5. The van der Waals surface area contributed by atoms with Gasteiger partial charge in [0.25, 0.3) is 5.91 Å². The minimum atomic E-state index is -2.87. The van der Waals surface area contributed by atoms with Crippen molar-refractivity contribution in [3.8, 4) is 17.2 Å². The number of fused-ring (bicyclic) bond motifs is 1. The van der Waals surface area contributed by atoms with E-state index < -0.39 is 6.61 Å². The summed E-state index contributed by atoms with van der Waals surface area (Å²) in [7, 11) is 0. The zero-order valence-electron chi connectivity index (χ0n) is 15.6. The van der Waals surface area contributed by atoms with E-state index in [0.29, 0.717) is 30.3 Å². The molecule has 1 amide bonds. The van der Waals surface area contributed by atoms with Crippen molar-refractivity contribution < 1.29 is 32.6 Å². The Bertz CT molecular complexity index is 858. The van der Waals surface area contributed by atoms with E-state index in [1.807, 2.05) is 25.1 Å². The van der Waals surface area contributed by atoms with Gasteiger partial charge in [-0.15, -0.1) is 0 Å². The zero-order valence-corrected chi connectivity index (χ0v) is 15.6. The van der Waals surface area contributed by atoms with Gasteiger partial charge >= 0.3 is 6.61 Å². The average molecular weight is 406 g/mol. The van der Waals surface area contributed by atoms with Gasteiger partial charge in [0.15, 0.2) is 18.1 Å². The molecule has 1 N–H and O–H groups in total. The molecule has 0 aromatic heterocycles. The number of nitrogens with zero attached hydrogens (tertiary/aromatic N) is 1. The van der Waals surface area contributed by atoms with Crippen molar-refractivity contribution in [1.29, 1.82) is 0 Å². The van der Waals surface area contributed by atoms with Gasteiger partial charge in [0.05, 0.1) is 12.3 Å². The number of rotatable bonds is 8. The van der Waals surface area contributed by atoms with Crippen molar-refractivity contribution >= 4 is 12.1 Å². The smallest absolute Gasteiger partial charge is 0.387 e. The van der Waals surface area contributed by atoms with Gasteiger partial charge in [-0.2, -0.15) is 8.78 Å². The molecule has 2 aromatic rings. The van der Waals surface area contributed by atoms with Crippen LogP contribution < -0.4 is 19.5 Å². The highest BCUT2D eigenvalue weighted by molar-refractivity contribution is 5.80. The van der Waals surface area contributed by atoms with Gasteiger partial charge in [-0.05, 0) is 54.4 Å². The summed E-state index contributed by atoms with van der Waals surface area (Å²) in [5, 5.41) is 6.50. The molecule has 1 unspecified atom stereocenters. The molecule has 0 aliphatic carbocycles. The molecule has 9 heteroatoms. The SMILES string of the molecule is CC(NC(=O)CO/N=C/c1ccc(OC(F)F)cc1)c1ccc2c(c1)OCCO2. The normalized spacial score (nSPS) is 13.9. The number of benzene rings is 2. The fourth-order valence-electron chi connectivity index (χ4n) is 2.63. The largest absolute Gasteiger partial charge is 0.486 e. The first-order chi connectivity index (χ1) is 14.0. The molecule has 1 aliphatic rings. The number of hydrogen-bond donors (Lipinski definition) is 1. The van der Waals surface area contributed by atoms with Gasteiger partial charge in [0.1, 0.15) is 19.0 Å². The number of amides is 1. The first-order valence-corrected chi connectivity index (χ1v) is 8.90. The Kier molecular flexibility index (Phi) is 6.83. The van der Waals surface area contributed by atoms with Crippen molar-refractivity contribution in [2.75, 3.05) is 19.8 Å². The highest BCUT2D eigenvalue weighted by atomic mass is 19.3. The van der Waals surface area contributed by atoms with E-state index >= 15 is 0 Å². The molecule has 154 valence electrons. The minimum Gasteiger partial charge on any atom is -0.486 e. The molecular weight excluding hydrogens is 386 g/mol. The summed E-state index contributed by atoms with van der Waals surface area (Å²) in [5.74, 6) is 1.04. The quantitative estimate of drug-likeness (QED) is 0.538. The molecule has 0 saturated heterocycles. The van der Waals surface area contributed by atoms with E-state index in [-0.39, 0.29) is 24.3 Å². The Morgan fingerprint density at radius 3 is 2.62 bits per heavy atom. The summed E-state index contributed by atoms with van der Waals surface area (Å²) in [6.07, 6.45) is 1.36. The molecule has 0 bridgehead atoms. The monoisotopic (exact) mass is 406 g/mol. The van der Waals surface area contributed by atoms with Gasteiger partial charge in [-0.3, -0.25) is 4.79 Å². The third kappa shape index (κ3) is 6.06. The standard InChI is InChI=1S/C20H20F2N2O5/c1-13(15-4-7-17-18(10-15)27-9-8-26-17)24-19(25)12-28-23-11-14-2-5-16(6-3-14)29-20(21)22/h2-7,10-11,13,20H,8-9,12H2,1H3,(H,24,25)/b23-11+. The molecule has 0 spiro atoms. The molecule has 0 radical (unpaired) electrons. The third-order valence-corrected chi connectivity index (χ3v) is 4.02. The van der Waals surface area contributed by atoms with E-state index in [9.17, 15) is 13.6 Å². The number of hydrogen-bond acceptors (Lipinski definition) is 6. The van der Waals surface area contributed by atoms with E-state index in [1.165, 1.54) is 30.5 Å². The van der Waals surface area contributed by atoms with Gasteiger partial charge in [0.2, 0.25) is 0 Å². The Morgan fingerprint density at radius 1 is 1.17 bits per heavy atom. The lowest BCUT2D eigenvalue weighted by Crippen LogP contribution is -2.29. The maximum absolute atomic E-state index is 12.1. The van der Waals surface area contributed by atoms with Crippen molar-refractivity contribution in [1.82, 2.24) is 5.32 Å². The minimum absolute atomic E-state index is 0.0468. The maximum atomic E-state index is 12.1. The van der Waals surface area contributed by atoms with Crippen LogP contribution in [0.4, 0.5) is 8.78 Å². The molecule has 1 atom stereocenters. The van der Waals surface area contributed by atoms with Gasteiger partial charge < -0.3 is 24.4 Å². The predicted octanol–water partition coefficient (Wildman–Crippen LogP) is 3.29. The number of alkyl halides is 2. The molecule has 1 heterocycles. The lowest BCUT2D eigenvalue weighted by atomic mass is 10.1. The second-order valence-electron chi connectivity index (χ2n) is 6.15. The Hall–Kier alpha value is -3.36. The second kappa shape index (κ2) is 9.72. The number of carbonyl (C=O) groups is 1. The lowest BCUT2D eigenvalue weighted by molar-refractivity contribution is -0.126. The first kappa shape index (κ1) is 20.4. The second-order valence-corrected chi connectivity index (χ2v) is 6.15. The van der Waals surface area contributed by atoms with Crippen LogP contribution >= 0.6 is 0 Å². The summed E-state index contributed by atoms with van der Waals surface area (Å²) >= 11 is 0. The van der Waals surface area contributed by atoms with Crippen LogP contribution in [0.1, 0.15) is 24.1 Å². The fraction of sp³-hybridized carbons (Fsp3) is 0.300. The van der Waals surface area contributed by atoms with Crippen LogP contribution in [0.3, 0.4) is 0 Å². The van der Waals surface area contributed by atoms with Crippen LogP contribution in [0.25, 0.3) is 0 Å². The number of carbonyl (C=O) groups excluding carboxylic acids is 1. The van der Waals surface area contributed by atoms with Gasteiger partial charge in [-0.1, -0.05) is 11.2 Å². The molecule has 0 saturated carbocycles. The van der Waals surface area contributed by atoms with Crippen LogP contribution in [0.5, 0.6) is 17.2 Å². The number of ether oxygens (including phenoxy) is 3. The molecule has 29 heavy (non-hydrogen) atoms. The van der Waals surface area contributed by atoms with E-state index in [0.717, 1.165) is 5.56 Å².